The number of carbonyl (C=O) groups is 1. The zero-order chi connectivity index (χ0) is 18.2. The third kappa shape index (κ3) is 5.35. The molecule has 0 saturated heterocycles. The molecule has 0 spiro atoms. The monoisotopic (exact) mass is 339 g/mol. The number of nitriles is 1. The molecule has 0 radical (unpaired) electrons. The lowest BCUT2D eigenvalue weighted by atomic mass is 9.94. The van der Waals surface area contributed by atoms with Crippen LogP contribution in [0.15, 0.2) is 42.1 Å². The first-order valence-corrected chi connectivity index (χ1v) is 9.21. The maximum absolute atomic E-state index is 12.8. The summed E-state index contributed by atoms with van der Waals surface area (Å²) in [5, 5.41) is 9.55. The first kappa shape index (κ1) is 19.1. The van der Waals surface area contributed by atoms with Crippen LogP contribution in [0, 0.1) is 11.3 Å². The van der Waals surface area contributed by atoms with Crippen LogP contribution >= 0.6 is 0 Å². The largest absolute Gasteiger partial charge is 0.369 e. The van der Waals surface area contributed by atoms with Crippen LogP contribution in [0.4, 0.5) is 0 Å². The molecule has 1 aliphatic rings. The Bertz CT molecular complexity index is 624. The summed E-state index contributed by atoms with van der Waals surface area (Å²) in [6, 6.07) is 12.7. The summed E-state index contributed by atoms with van der Waals surface area (Å²) < 4.78 is 0. The van der Waals surface area contributed by atoms with Gasteiger partial charge >= 0.3 is 0 Å². The normalized spacial score (nSPS) is 15.7. The standard InChI is InChI=1S/C21H29N3O/c1-17(2)24(15-18-10-6-4-7-11-18)16-19(14-22)21(25)23(3)20-12-8-5-9-13-20/h4,6-7,10-11,16-17,20H,5,8-9,12-13,15H2,1-3H3/b19-16-. The van der Waals surface area contributed by atoms with E-state index < -0.39 is 0 Å². The minimum Gasteiger partial charge on any atom is -0.369 e. The molecule has 4 heteroatoms. The molecule has 2 rings (SSSR count). The van der Waals surface area contributed by atoms with Crippen LogP contribution in [0.3, 0.4) is 0 Å². The Labute approximate surface area is 151 Å². The number of hydrogen-bond acceptors (Lipinski definition) is 3. The molecule has 1 aliphatic carbocycles. The Morgan fingerprint density at radius 3 is 2.44 bits per heavy atom. The van der Waals surface area contributed by atoms with Gasteiger partial charge in [0.15, 0.2) is 0 Å². The third-order valence-electron chi connectivity index (χ3n) is 4.96. The van der Waals surface area contributed by atoms with Crippen LogP contribution in [0.1, 0.15) is 51.5 Å². The quantitative estimate of drug-likeness (QED) is 0.579. The van der Waals surface area contributed by atoms with Crippen LogP contribution in [-0.2, 0) is 11.3 Å². The number of hydrogen-bond donors (Lipinski definition) is 0. The molecule has 4 nitrogen and oxygen atoms in total. The van der Waals surface area contributed by atoms with Crippen molar-refractivity contribution in [1.29, 1.82) is 5.26 Å². The fourth-order valence-electron chi connectivity index (χ4n) is 3.29. The lowest BCUT2D eigenvalue weighted by Gasteiger charge is -2.31. The van der Waals surface area contributed by atoms with Crippen molar-refractivity contribution in [3.8, 4) is 6.07 Å². The highest BCUT2D eigenvalue weighted by molar-refractivity contribution is 5.97. The van der Waals surface area contributed by atoms with Gasteiger partial charge in [0.25, 0.3) is 5.91 Å². The highest BCUT2D eigenvalue weighted by Gasteiger charge is 2.25. The molecule has 25 heavy (non-hydrogen) atoms. The van der Waals surface area contributed by atoms with Crippen molar-refractivity contribution in [2.45, 2.75) is 64.6 Å². The fourth-order valence-corrected chi connectivity index (χ4v) is 3.29. The van der Waals surface area contributed by atoms with E-state index in [-0.39, 0.29) is 23.6 Å². The molecule has 0 aliphatic heterocycles. The Hall–Kier alpha value is -2.28. The van der Waals surface area contributed by atoms with Crippen molar-refractivity contribution < 1.29 is 4.79 Å². The molecule has 0 unspecified atom stereocenters. The van der Waals surface area contributed by atoms with E-state index in [2.05, 4.69) is 36.9 Å². The second-order valence-corrected chi connectivity index (χ2v) is 7.11. The number of benzene rings is 1. The van der Waals surface area contributed by atoms with Gasteiger partial charge in [-0.25, -0.2) is 0 Å². The van der Waals surface area contributed by atoms with Gasteiger partial charge < -0.3 is 9.80 Å². The first-order valence-electron chi connectivity index (χ1n) is 9.21. The Balaban J connectivity index is 2.14. The topological polar surface area (TPSA) is 47.3 Å². The van der Waals surface area contributed by atoms with Gasteiger partial charge in [-0.1, -0.05) is 49.6 Å². The van der Waals surface area contributed by atoms with Gasteiger partial charge in [0.1, 0.15) is 11.6 Å². The lowest BCUT2D eigenvalue weighted by Crippen LogP contribution is -2.39. The second kappa shape index (κ2) is 9.27. The predicted octanol–water partition coefficient (Wildman–Crippen LogP) is 4.10. The smallest absolute Gasteiger partial charge is 0.265 e. The van der Waals surface area contributed by atoms with Gasteiger partial charge in [-0.05, 0) is 32.3 Å². The minimum atomic E-state index is -0.159. The maximum Gasteiger partial charge on any atom is 0.265 e. The highest BCUT2D eigenvalue weighted by Crippen LogP contribution is 2.23. The molecule has 0 bridgehead atoms. The Kier molecular flexibility index (Phi) is 7.06. The number of carbonyl (C=O) groups excluding carboxylic acids is 1. The predicted molar refractivity (Wildman–Crippen MR) is 100 cm³/mol. The van der Waals surface area contributed by atoms with Crippen molar-refractivity contribution in [3.05, 3.63) is 47.7 Å². The number of rotatable bonds is 6. The van der Waals surface area contributed by atoms with Crippen LogP contribution in [0.2, 0.25) is 0 Å². The molecule has 1 aromatic rings. The molecular formula is C21H29N3O. The summed E-state index contributed by atoms with van der Waals surface area (Å²) >= 11 is 0. The third-order valence-corrected chi connectivity index (χ3v) is 4.96. The summed E-state index contributed by atoms with van der Waals surface area (Å²) in [7, 11) is 1.83. The van der Waals surface area contributed by atoms with Gasteiger partial charge in [0.2, 0.25) is 0 Å². The van der Waals surface area contributed by atoms with Gasteiger partial charge in [-0.3, -0.25) is 4.79 Å². The lowest BCUT2D eigenvalue weighted by molar-refractivity contribution is -0.128. The molecule has 0 N–H and O–H groups in total. The van der Waals surface area contributed by atoms with Crippen LogP contribution < -0.4 is 0 Å². The SMILES string of the molecule is CC(C)N(/C=C(/C#N)C(=O)N(C)C1CCCCC1)Cc1ccccc1. The number of likely N-dealkylation sites (N-methyl/N-ethyl adjacent to an activating group) is 1. The van der Waals surface area contributed by atoms with E-state index in [4.69, 9.17) is 0 Å². The number of nitrogens with zero attached hydrogens (tertiary/aromatic N) is 3. The average Bonchev–Trinajstić information content (AvgIpc) is 2.65. The molecule has 0 aromatic heterocycles. The molecule has 1 fully saturated rings. The fraction of sp³-hybridized carbons (Fsp3) is 0.524. The zero-order valence-electron chi connectivity index (χ0n) is 15.6. The molecule has 0 heterocycles. The molecule has 1 aromatic carbocycles. The molecular weight excluding hydrogens is 310 g/mol. The summed E-state index contributed by atoms with van der Waals surface area (Å²) in [6.45, 7) is 4.83. The van der Waals surface area contributed by atoms with Crippen molar-refractivity contribution in [2.24, 2.45) is 0 Å². The van der Waals surface area contributed by atoms with Gasteiger partial charge in [-0.2, -0.15) is 5.26 Å². The minimum absolute atomic E-state index is 0.159. The molecule has 0 atom stereocenters. The summed E-state index contributed by atoms with van der Waals surface area (Å²) in [5.74, 6) is -0.159. The Morgan fingerprint density at radius 1 is 1.24 bits per heavy atom. The Morgan fingerprint density at radius 2 is 1.88 bits per heavy atom. The van der Waals surface area contributed by atoms with E-state index in [9.17, 15) is 10.1 Å². The average molecular weight is 339 g/mol. The van der Waals surface area contributed by atoms with Gasteiger partial charge in [0, 0.05) is 31.9 Å². The van der Waals surface area contributed by atoms with Crippen LogP contribution in [0.5, 0.6) is 0 Å². The highest BCUT2D eigenvalue weighted by atomic mass is 16.2. The van der Waals surface area contributed by atoms with E-state index in [1.165, 1.54) is 19.3 Å². The van der Waals surface area contributed by atoms with E-state index in [0.29, 0.717) is 6.54 Å². The van der Waals surface area contributed by atoms with Crippen molar-refractivity contribution in [2.75, 3.05) is 7.05 Å². The van der Waals surface area contributed by atoms with Crippen molar-refractivity contribution >= 4 is 5.91 Å². The number of amides is 1. The molecule has 134 valence electrons. The van der Waals surface area contributed by atoms with E-state index in [0.717, 1.165) is 18.4 Å². The van der Waals surface area contributed by atoms with Gasteiger partial charge in [-0.15, -0.1) is 0 Å². The zero-order valence-corrected chi connectivity index (χ0v) is 15.6. The maximum atomic E-state index is 12.8. The summed E-state index contributed by atoms with van der Waals surface area (Å²) in [6.07, 6.45) is 7.40. The first-order chi connectivity index (χ1) is 12.0. The van der Waals surface area contributed by atoms with E-state index in [1.54, 1.807) is 11.1 Å². The summed E-state index contributed by atoms with van der Waals surface area (Å²) in [4.78, 5) is 16.6. The van der Waals surface area contributed by atoms with Crippen LogP contribution in [0.25, 0.3) is 0 Å². The molecule has 1 amide bonds. The van der Waals surface area contributed by atoms with E-state index in [1.807, 2.05) is 25.2 Å². The summed E-state index contributed by atoms with van der Waals surface area (Å²) in [5.41, 5.74) is 1.38. The van der Waals surface area contributed by atoms with Crippen LogP contribution in [-0.4, -0.2) is 34.8 Å². The van der Waals surface area contributed by atoms with Crippen molar-refractivity contribution in [1.82, 2.24) is 9.80 Å². The molecule has 1 saturated carbocycles. The van der Waals surface area contributed by atoms with Gasteiger partial charge in [0.05, 0.1) is 0 Å². The van der Waals surface area contributed by atoms with Crippen molar-refractivity contribution in [3.63, 3.8) is 0 Å². The second-order valence-electron chi connectivity index (χ2n) is 7.11. The van der Waals surface area contributed by atoms with E-state index >= 15 is 0 Å².